The molecule has 1 heterocycles. The summed E-state index contributed by atoms with van der Waals surface area (Å²) < 4.78 is 4.33. The molecule has 0 saturated carbocycles. The molecule has 32 heavy (non-hydrogen) atoms. The van der Waals surface area contributed by atoms with Crippen LogP contribution in [0.15, 0.2) is 36.5 Å². The first-order valence-corrected chi connectivity index (χ1v) is 20.4. The van der Waals surface area contributed by atoms with Crippen LogP contribution < -0.4 is 0 Å². The molecule has 1 aromatic rings. The Balaban J connectivity index is 2.15. The van der Waals surface area contributed by atoms with Crippen molar-refractivity contribution in [1.29, 1.82) is 0 Å². The van der Waals surface area contributed by atoms with Crippen LogP contribution >= 0.6 is 0 Å². The molecule has 3 rings (SSSR count). The molecule has 5 heteroatoms. The Kier molecular flexibility index (Phi) is 9.02. The monoisotopic (exact) mass is 546 g/mol. The van der Waals surface area contributed by atoms with Gasteiger partial charge in [-0.05, 0) is 0 Å². The van der Waals surface area contributed by atoms with Gasteiger partial charge >= 0.3 is 200 Å². The normalized spacial score (nSPS) is 22.9. The molecule has 0 saturated heterocycles. The van der Waals surface area contributed by atoms with Crippen molar-refractivity contribution < 1.29 is 9.59 Å². The second-order valence-electron chi connectivity index (χ2n) is 10.0. The van der Waals surface area contributed by atoms with Crippen LogP contribution in [0.25, 0.3) is 0 Å². The van der Waals surface area contributed by atoms with Crippen LogP contribution in [-0.2, 0) is 0 Å². The molecule has 1 aliphatic heterocycles. The third-order valence-electron chi connectivity index (χ3n) is 7.74. The van der Waals surface area contributed by atoms with Gasteiger partial charge in [0.1, 0.15) is 0 Å². The van der Waals surface area contributed by atoms with Crippen molar-refractivity contribution in [3.05, 3.63) is 47.7 Å². The van der Waals surface area contributed by atoms with E-state index in [2.05, 4.69) is 33.0 Å². The molecule has 2 aliphatic rings. The molecule has 0 N–H and O–H groups in total. The minimum absolute atomic E-state index is 0.120. The van der Waals surface area contributed by atoms with E-state index in [0.717, 1.165) is 0 Å². The average molecular weight is 545 g/mol. The molecule has 0 radical (unpaired) electrons. The number of nitrogens with zero attached hydrogens (tertiary/aromatic N) is 2. The van der Waals surface area contributed by atoms with Gasteiger partial charge in [0.2, 0.25) is 0 Å². The average Bonchev–Trinajstić information content (AvgIpc) is 2.81. The molecular weight excluding hydrogens is 503 g/mol. The molecular formula is C27H42N2O2Sn. The number of fused-ring (bicyclic) bond motifs is 2. The number of hydrazine groups is 1. The Morgan fingerprint density at radius 2 is 1.34 bits per heavy atom. The number of rotatable bonds is 11. The predicted molar refractivity (Wildman–Crippen MR) is 136 cm³/mol. The van der Waals surface area contributed by atoms with E-state index in [-0.39, 0.29) is 17.5 Å². The Labute approximate surface area is 199 Å². The van der Waals surface area contributed by atoms with Crippen LogP contribution in [0.4, 0.5) is 0 Å². The van der Waals surface area contributed by atoms with E-state index in [1.807, 2.05) is 48.4 Å². The first-order valence-electron chi connectivity index (χ1n) is 12.7. The van der Waals surface area contributed by atoms with E-state index in [1.165, 1.54) is 51.8 Å². The summed E-state index contributed by atoms with van der Waals surface area (Å²) in [6.45, 7) is 6.86. The number of hydrogen-bond donors (Lipinski definition) is 0. The fourth-order valence-corrected chi connectivity index (χ4v) is 24.6. The Hall–Kier alpha value is -1.14. The molecule has 1 aromatic carbocycles. The number of Topliss-reactive ketones (excluding diaryl/α,β-unsaturated/α-hetero) is 2. The summed E-state index contributed by atoms with van der Waals surface area (Å²) in [5.74, 6) is 0.0954. The first-order chi connectivity index (χ1) is 15.4. The van der Waals surface area contributed by atoms with Gasteiger partial charge in [0, 0.05) is 0 Å². The van der Waals surface area contributed by atoms with Crippen molar-refractivity contribution >= 4 is 29.9 Å². The molecule has 4 nitrogen and oxygen atoms in total. The van der Waals surface area contributed by atoms with Gasteiger partial charge in [0.05, 0.1) is 0 Å². The molecule has 0 aromatic heterocycles. The van der Waals surface area contributed by atoms with Gasteiger partial charge in [-0.1, -0.05) is 0 Å². The van der Waals surface area contributed by atoms with Gasteiger partial charge in [0.25, 0.3) is 0 Å². The van der Waals surface area contributed by atoms with Crippen molar-refractivity contribution in [2.24, 2.45) is 5.92 Å². The van der Waals surface area contributed by atoms with E-state index < -0.39 is 24.4 Å². The minimum atomic E-state index is -2.80. The number of ketones is 2. The van der Waals surface area contributed by atoms with Crippen LogP contribution in [0.5, 0.6) is 0 Å². The molecule has 0 unspecified atom stereocenters. The Morgan fingerprint density at radius 3 is 1.81 bits per heavy atom. The van der Waals surface area contributed by atoms with E-state index in [1.54, 1.807) is 0 Å². The summed E-state index contributed by atoms with van der Waals surface area (Å²) in [7, 11) is 3.95. The summed E-state index contributed by atoms with van der Waals surface area (Å²) in [4.78, 5) is 27.8. The number of carbonyl (C=O) groups is 2. The van der Waals surface area contributed by atoms with Crippen LogP contribution in [0.3, 0.4) is 0 Å². The summed E-state index contributed by atoms with van der Waals surface area (Å²) in [6, 6.07) is 7.11. The van der Waals surface area contributed by atoms with Crippen molar-refractivity contribution in [2.75, 3.05) is 14.1 Å². The van der Waals surface area contributed by atoms with Gasteiger partial charge in [-0.15, -0.1) is 0 Å². The van der Waals surface area contributed by atoms with Crippen LogP contribution in [0, 0.1) is 5.92 Å². The number of benzene rings is 1. The topological polar surface area (TPSA) is 40.6 Å². The fraction of sp³-hybridized carbons (Fsp3) is 0.630. The maximum atomic E-state index is 14.0. The third-order valence-corrected chi connectivity index (χ3v) is 24.9. The van der Waals surface area contributed by atoms with E-state index in [0.29, 0.717) is 15.1 Å². The zero-order chi connectivity index (χ0) is 23.3. The summed E-state index contributed by atoms with van der Waals surface area (Å²) in [5.41, 5.74) is 1.26. The molecule has 0 spiro atoms. The van der Waals surface area contributed by atoms with Crippen LogP contribution in [0.1, 0.15) is 80.0 Å². The van der Waals surface area contributed by atoms with Crippen molar-refractivity contribution in [2.45, 2.75) is 82.6 Å². The summed E-state index contributed by atoms with van der Waals surface area (Å²) >= 11 is -2.80. The standard InChI is InChI=1S/C15H15N2O2.3C4H9.Sn/c1-16(2)17-9-5-8-12-13(17)15(19)11-7-4-3-6-10(11)14(12)18;3*1-3-4-2;/h3-9,12-13H,1-2H3;3*1,3-4H2,2H3;/t12-,13+;;;;/m1..../s1. The second kappa shape index (κ2) is 11.3. The molecule has 0 bridgehead atoms. The fourth-order valence-electron chi connectivity index (χ4n) is 6.02. The van der Waals surface area contributed by atoms with E-state index in [4.69, 9.17) is 0 Å². The van der Waals surface area contributed by atoms with Crippen molar-refractivity contribution in [3.63, 3.8) is 0 Å². The molecule has 176 valence electrons. The molecule has 1 aliphatic carbocycles. The van der Waals surface area contributed by atoms with Gasteiger partial charge < -0.3 is 0 Å². The number of hydrogen-bond acceptors (Lipinski definition) is 4. The van der Waals surface area contributed by atoms with E-state index >= 15 is 0 Å². The van der Waals surface area contributed by atoms with Crippen molar-refractivity contribution in [3.8, 4) is 0 Å². The predicted octanol–water partition coefficient (Wildman–Crippen LogP) is 6.58. The van der Waals surface area contributed by atoms with Gasteiger partial charge in [-0.3, -0.25) is 0 Å². The maximum absolute atomic E-state index is 14.0. The van der Waals surface area contributed by atoms with Crippen LogP contribution in [0.2, 0.25) is 17.2 Å². The van der Waals surface area contributed by atoms with Crippen LogP contribution in [-0.4, -0.2) is 60.1 Å². The molecule has 0 amide bonds. The number of carbonyl (C=O) groups excluding carboxylic acids is 2. The first kappa shape index (κ1) is 25.5. The zero-order valence-electron chi connectivity index (χ0n) is 20.8. The van der Waals surface area contributed by atoms with Gasteiger partial charge in [0.15, 0.2) is 0 Å². The van der Waals surface area contributed by atoms with Crippen molar-refractivity contribution in [1.82, 2.24) is 10.0 Å². The van der Waals surface area contributed by atoms with Gasteiger partial charge in [-0.2, -0.15) is 0 Å². The summed E-state index contributed by atoms with van der Waals surface area (Å²) in [5, 5.41) is 4.00. The van der Waals surface area contributed by atoms with Gasteiger partial charge in [-0.25, -0.2) is 0 Å². The third kappa shape index (κ3) is 4.86. The molecule has 3 atom stereocenters. The summed E-state index contributed by atoms with van der Waals surface area (Å²) in [6.07, 6.45) is 11.9. The second-order valence-corrected chi connectivity index (χ2v) is 24.0. The SMILES string of the molecule is CCC[CH2][Sn]([CH2]CCC)([CH2]CCC)[C@@H]1C=CN(N(C)C)[C@@H]2C(=O)c3ccccc3C(=O)[C@@H]21. The number of unbranched alkanes of at least 4 members (excludes halogenated alkanes) is 3. The Morgan fingerprint density at radius 1 is 0.844 bits per heavy atom. The molecule has 0 fully saturated rings. The zero-order valence-corrected chi connectivity index (χ0v) is 23.6. The Bertz CT molecular complexity index is 813. The van der Waals surface area contributed by atoms with E-state index in [9.17, 15) is 9.59 Å². The quantitative estimate of drug-likeness (QED) is 0.295. The number of allylic oxidation sites excluding steroid dienone is 1.